The van der Waals surface area contributed by atoms with Crippen molar-refractivity contribution in [3.63, 3.8) is 0 Å². The maximum absolute atomic E-state index is 13.0. The Bertz CT molecular complexity index is 1010. The molecule has 0 saturated carbocycles. The third-order valence-corrected chi connectivity index (χ3v) is 6.62. The number of carbonyl (C=O) groups is 1. The van der Waals surface area contributed by atoms with Gasteiger partial charge in [0.05, 0.1) is 27.8 Å². The first kappa shape index (κ1) is 20.0. The monoisotopic (exact) mass is 429 g/mol. The summed E-state index contributed by atoms with van der Waals surface area (Å²) in [6.45, 7) is 1.37. The standard InChI is InChI=1S/C21H20FN3O2S2/c22-15-5-3-14(4-6-15)11-23-16-7-8-18-19(10-16)29-21(25-18)28-13-20(26)24-12-17-2-1-9-27-17/h3-8,10-11,17H,1-2,9,12-13H2,(H,24,26)/t17-/m1/s1. The average molecular weight is 430 g/mol. The molecule has 1 atom stereocenters. The molecule has 1 N–H and O–H groups in total. The topological polar surface area (TPSA) is 63.6 Å². The maximum Gasteiger partial charge on any atom is 0.230 e. The highest BCUT2D eigenvalue weighted by Gasteiger charge is 2.16. The van der Waals surface area contributed by atoms with Gasteiger partial charge in [-0.1, -0.05) is 23.9 Å². The number of rotatable bonds is 7. The number of aromatic nitrogens is 1. The molecule has 1 aliphatic rings. The summed E-state index contributed by atoms with van der Waals surface area (Å²) in [5.41, 5.74) is 2.52. The van der Waals surface area contributed by atoms with E-state index < -0.39 is 0 Å². The second-order valence-electron chi connectivity index (χ2n) is 6.67. The molecule has 150 valence electrons. The summed E-state index contributed by atoms with van der Waals surface area (Å²) in [4.78, 5) is 21.1. The van der Waals surface area contributed by atoms with Crippen molar-refractivity contribution in [2.45, 2.75) is 23.3 Å². The number of fused-ring (bicyclic) bond motifs is 1. The molecule has 2 heterocycles. The fourth-order valence-electron chi connectivity index (χ4n) is 2.94. The van der Waals surface area contributed by atoms with Gasteiger partial charge in [0.1, 0.15) is 5.82 Å². The zero-order valence-electron chi connectivity index (χ0n) is 15.6. The van der Waals surface area contributed by atoms with Gasteiger partial charge in [-0.3, -0.25) is 9.79 Å². The molecular weight excluding hydrogens is 409 g/mol. The minimum absolute atomic E-state index is 0.00524. The second-order valence-corrected chi connectivity index (χ2v) is 8.92. The highest BCUT2D eigenvalue weighted by atomic mass is 32.2. The molecular formula is C21H20FN3O2S2. The van der Waals surface area contributed by atoms with Crippen LogP contribution >= 0.6 is 23.1 Å². The lowest BCUT2D eigenvalue weighted by molar-refractivity contribution is -0.119. The summed E-state index contributed by atoms with van der Waals surface area (Å²) < 4.78 is 20.3. The van der Waals surface area contributed by atoms with E-state index in [2.05, 4.69) is 15.3 Å². The predicted molar refractivity (Wildman–Crippen MR) is 116 cm³/mol. The summed E-state index contributed by atoms with van der Waals surface area (Å²) in [7, 11) is 0. The number of aliphatic imine (C=N–C) groups is 1. The quantitative estimate of drug-likeness (QED) is 0.441. The van der Waals surface area contributed by atoms with E-state index in [0.29, 0.717) is 12.3 Å². The highest BCUT2D eigenvalue weighted by molar-refractivity contribution is 8.01. The Balaban J connectivity index is 1.34. The molecule has 1 aliphatic heterocycles. The van der Waals surface area contributed by atoms with E-state index in [1.165, 1.54) is 23.9 Å². The van der Waals surface area contributed by atoms with E-state index in [-0.39, 0.29) is 17.8 Å². The first-order valence-electron chi connectivity index (χ1n) is 9.37. The van der Waals surface area contributed by atoms with Crippen LogP contribution in [0.3, 0.4) is 0 Å². The van der Waals surface area contributed by atoms with Gasteiger partial charge in [0, 0.05) is 19.4 Å². The molecule has 3 aromatic rings. The second kappa shape index (κ2) is 9.47. The minimum atomic E-state index is -0.265. The number of amides is 1. The number of halogens is 1. The highest BCUT2D eigenvalue weighted by Crippen LogP contribution is 2.31. The number of carbonyl (C=O) groups excluding carboxylic acids is 1. The molecule has 0 aliphatic carbocycles. The zero-order chi connectivity index (χ0) is 20.1. The molecule has 1 saturated heterocycles. The summed E-state index contributed by atoms with van der Waals surface area (Å²) in [6.07, 6.45) is 3.93. The van der Waals surface area contributed by atoms with Crippen molar-refractivity contribution in [1.29, 1.82) is 0 Å². The molecule has 29 heavy (non-hydrogen) atoms. The Hall–Kier alpha value is -2.29. The van der Waals surface area contributed by atoms with Gasteiger partial charge in [-0.25, -0.2) is 9.37 Å². The van der Waals surface area contributed by atoms with Crippen molar-refractivity contribution in [2.75, 3.05) is 18.9 Å². The van der Waals surface area contributed by atoms with Crippen LogP contribution in [0.15, 0.2) is 51.8 Å². The number of ether oxygens (including phenoxy) is 1. The Labute approximate surface area is 176 Å². The van der Waals surface area contributed by atoms with Crippen molar-refractivity contribution in [3.8, 4) is 0 Å². The molecule has 8 heteroatoms. The van der Waals surface area contributed by atoms with Crippen LogP contribution in [0, 0.1) is 5.82 Å². The summed E-state index contributed by atoms with van der Waals surface area (Å²) in [6, 6.07) is 12.0. The van der Waals surface area contributed by atoms with Crippen molar-refractivity contribution >= 4 is 51.1 Å². The van der Waals surface area contributed by atoms with Gasteiger partial charge < -0.3 is 10.1 Å². The van der Waals surface area contributed by atoms with Gasteiger partial charge in [-0.2, -0.15) is 0 Å². The third-order valence-electron chi connectivity index (χ3n) is 4.46. The molecule has 0 spiro atoms. The molecule has 0 bridgehead atoms. The van der Waals surface area contributed by atoms with Gasteiger partial charge in [0.25, 0.3) is 0 Å². The van der Waals surface area contributed by atoms with E-state index in [9.17, 15) is 9.18 Å². The summed E-state index contributed by atoms with van der Waals surface area (Å²) in [5, 5.41) is 2.92. The molecule has 4 rings (SSSR count). The van der Waals surface area contributed by atoms with Crippen LogP contribution in [0.25, 0.3) is 10.2 Å². The summed E-state index contributed by atoms with van der Waals surface area (Å²) in [5.74, 6) is 0.0652. The Morgan fingerprint density at radius 3 is 3.00 bits per heavy atom. The summed E-state index contributed by atoms with van der Waals surface area (Å²) >= 11 is 2.98. The fourth-order valence-corrected chi connectivity index (χ4v) is 4.87. The largest absolute Gasteiger partial charge is 0.376 e. The molecule has 5 nitrogen and oxygen atoms in total. The van der Waals surface area contributed by atoms with Crippen LogP contribution in [0.5, 0.6) is 0 Å². The Kier molecular flexibility index (Phi) is 6.53. The normalized spacial score (nSPS) is 16.7. The van der Waals surface area contributed by atoms with Crippen LogP contribution < -0.4 is 5.32 Å². The van der Waals surface area contributed by atoms with Crippen molar-refractivity contribution in [2.24, 2.45) is 4.99 Å². The Morgan fingerprint density at radius 1 is 1.34 bits per heavy atom. The number of hydrogen-bond acceptors (Lipinski definition) is 6. The van der Waals surface area contributed by atoms with E-state index in [4.69, 9.17) is 4.74 Å². The Morgan fingerprint density at radius 2 is 2.21 bits per heavy atom. The van der Waals surface area contributed by atoms with Crippen LogP contribution in [0.1, 0.15) is 18.4 Å². The zero-order valence-corrected chi connectivity index (χ0v) is 17.3. The van der Waals surface area contributed by atoms with E-state index in [0.717, 1.165) is 45.3 Å². The number of hydrogen-bond donors (Lipinski definition) is 1. The number of nitrogens with zero attached hydrogens (tertiary/aromatic N) is 2. The van der Waals surface area contributed by atoms with E-state index in [1.54, 1.807) is 29.7 Å². The van der Waals surface area contributed by atoms with Crippen LogP contribution in [0.4, 0.5) is 10.1 Å². The number of thioether (sulfide) groups is 1. The average Bonchev–Trinajstić information content (AvgIpc) is 3.39. The maximum atomic E-state index is 13.0. The number of nitrogens with one attached hydrogen (secondary N) is 1. The molecule has 2 aromatic carbocycles. The first-order chi connectivity index (χ1) is 14.2. The molecule has 1 aromatic heterocycles. The van der Waals surface area contributed by atoms with Crippen LogP contribution in [-0.2, 0) is 9.53 Å². The molecule has 0 unspecified atom stereocenters. The van der Waals surface area contributed by atoms with Crippen LogP contribution in [-0.4, -0.2) is 42.1 Å². The molecule has 1 fully saturated rings. The molecule has 1 amide bonds. The van der Waals surface area contributed by atoms with Gasteiger partial charge in [0.2, 0.25) is 5.91 Å². The van der Waals surface area contributed by atoms with Gasteiger partial charge >= 0.3 is 0 Å². The fraction of sp³-hybridized carbons (Fsp3) is 0.286. The van der Waals surface area contributed by atoms with E-state index in [1.807, 2.05) is 18.2 Å². The smallest absolute Gasteiger partial charge is 0.230 e. The van der Waals surface area contributed by atoms with Crippen molar-refractivity contribution in [3.05, 3.63) is 53.8 Å². The SMILES string of the molecule is O=C(CSc1nc2ccc(N=Cc3ccc(F)cc3)cc2s1)NC[C@H]1CCCO1. The van der Waals surface area contributed by atoms with Crippen molar-refractivity contribution < 1.29 is 13.9 Å². The van der Waals surface area contributed by atoms with Crippen LogP contribution in [0.2, 0.25) is 0 Å². The van der Waals surface area contributed by atoms with E-state index >= 15 is 0 Å². The lowest BCUT2D eigenvalue weighted by Crippen LogP contribution is -2.32. The van der Waals surface area contributed by atoms with Crippen molar-refractivity contribution in [1.82, 2.24) is 10.3 Å². The number of benzene rings is 2. The first-order valence-corrected chi connectivity index (χ1v) is 11.2. The van der Waals surface area contributed by atoms with Gasteiger partial charge in [-0.15, -0.1) is 11.3 Å². The minimum Gasteiger partial charge on any atom is -0.376 e. The van der Waals surface area contributed by atoms with Gasteiger partial charge in [0.15, 0.2) is 4.34 Å². The lowest BCUT2D eigenvalue weighted by Gasteiger charge is -2.09. The third kappa shape index (κ3) is 5.62. The predicted octanol–water partition coefficient (Wildman–Crippen LogP) is 4.57. The lowest BCUT2D eigenvalue weighted by atomic mass is 10.2. The van der Waals surface area contributed by atoms with Gasteiger partial charge in [-0.05, 0) is 48.7 Å². The number of thiazole rings is 1. The molecule has 0 radical (unpaired) electrons.